The van der Waals surface area contributed by atoms with Crippen LogP contribution in [0.3, 0.4) is 0 Å². The summed E-state index contributed by atoms with van der Waals surface area (Å²) in [6.45, 7) is 14.5. The largest absolute Gasteiger partial charge is 0.444 e. The minimum Gasteiger partial charge on any atom is -0.444 e. The molecule has 4 aromatic rings. The van der Waals surface area contributed by atoms with E-state index < -0.39 is 11.2 Å². The predicted octanol–water partition coefficient (Wildman–Crippen LogP) is 8.54. The highest BCUT2D eigenvalue weighted by Crippen LogP contribution is 2.38. The molecule has 2 aromatic heterocycles. The zero-order valence-electron chi connectivity index (χ0n) is 30.4. The fraction of sp³-hybridized carbons (Fsp3) is 0.487. The van der Waals surface area contributed by atoms with E-state index in [4.69, 9.17) is 19.2 Å². The van der Waals surface area contributed by atoms with Gasteiger partial charge in [-0.1, -0.05) is 48.5 Å². The molecule has 2 unspecified atom stereocenters. The second-order valence-electron chi connectivity index (χ2n) is 15.6. The van der Waals surface area contributed by atoms with Crippen molar-refractivity contribution in [2.75, 3.05) is 20.3 Å². The zero-order valence-corrected chi connectivity index (χ0v) is 30.4. The number of methoxy groups -OCH3 is 1. The Morgan fingerprint density at radius 3 is 1.72 bits per heavy atom. The highest BCUT2D eigenvalue weighted by molar-refractivity contribution is 5.72. The van der Waals surface area contributed by atoms with Gasteiger partial charge in [0.1, 0.15) is 22.9 Å². The number of nitrogens with one attached hydrogen (secondary N) is 2. The number of H-pyrrole nitrogens is 2. The molecular weight excluding hydrogens is 632 g/mol. The molecule has 2 fully saturated rings. The van der Waals surface area contributed by atoms with Crippen LogP contribution in [-0.2, 0) is 14.2 Å². The number of hydrogen-bond donors (Lipinski definition) is 2. The first-order valence-electron chi connectivity index (χ1n) is 17.5. The number of rotatable bonds is 7. The Bertz CT molecular complexity index is 1780. The molecule has 0 radical (unpaired) electrons. The summed E-state index contributed by atoms with van der Waals surface area (Å²) < 4.78 is 16.8. The third kappa shape index (κ3) is 7.88. The summed E-state index contributed by atoms with van der Waals surface area (Å²) in [6.07, 6.45) is 5.51. The third-order valence-electron chi connectivity index (χ3n) is 9.24. The van der Waals surface area contributed by atoms with Crippen LogP contribution in [0.25, 0.3) is 33.6 Å². The maximum Gasteiger partial charge on any atom is 0.411 e. The van der Waals surface area contributed by atoms with E-state index in [-0.39, 0.29) is 36.2 Å². The number of imidazole rings is 2. The summed E-state index contributed by atoms with van der Waals surface area (Å²) in [5, 5.41) is 0. The number of benzene rings is 2. The predicted molar refractivity (Wildman–Crippen MR) is 192 cm³/mol. The summed E-state index contributed by atoms with van der Waals surface area (Å²) in [5.74, 6) is 1.72. The van der Waals surface area contributed by atoms with E-state index in [9.17, 15) is 9.59 Å². The minimum atomic E-state index is -0.582. The van der Waals surface area contributed by atoms with Gasteiger partial charge in [-0.3, -0.25) is 9.80 Å². The van der Waals surface area contributed by atoms with Crippen LogP contribution < -0.4 is 0 Å². The standard InChI is InChI=1S/C39H50N6O5/c1-24-9-18-32(45(24)37(47)50-39(5,6)7)34-40-20-30(42-34)28-14-10-26(11-15-28)27-12-16-29(17-13-27)31-21-41-35(43-31)33-19-25(23-48-8)22-44(33)36(46)49-38(2,3)4/h10-17,20-21,24-25,32-33H,9,18-19,22-23H2,1-8H3,(H,40,42)(H,41,43)/t24-,25?,32-,33?/m0/s1. The number of ether oxygens (including phenoxy) is 3. The Kier molecular flexibility index (Phi) is 9.81. The van der Waals surface area contributed by atoms with E-state index >= 15 is 0 Å². The molecule has 2 N–H and O–H groups in total. The van der Waals surface area contributed by atoms with Crippen LogP contribution in [0.5, 0.6) is 0 Å². The first kappa shape index (κ1) is 35.2. The van der Waals surface area contributed by atoms with Gasteiger partial charge in [-0.05, 0) is 90.0 Å². The summed E-state index contributed by atoms with van der Waals surface area (Å²) in [4.78, 5) is 46.0. The van der Waals surface area contributed by atoms with Crippen molar-refractivity contribution in [2.24, 2.45) is 5.92 Å². The maximum absolute atomic E-state index is 13.1. The van der Waals surface area contributed by atoms with Crippen molar-refractivity contribution in [3.63, 3.8) is 0 Å². The average molecular weight is 683 g/mol. The van der Waals surface area contributed by atoms with Gasteiger partial charge in [0.05, 0.1) is 42.5 Å². The van der Waals surface area contributed by atoms with Crippen molar-refractivity contribution in [1.29, 1.82) is 0 Å². The van der Waals surface area contributed by atoms with Crippen LogP contribution in [-0.4, -0.2) is 79.4 Å². The summed E-state index contributed by atoms with van der Waals surface area (Å²) in [7, 11) is 1.68. The molecule has 6 rings (SSSR count). The molecule has 0 aliphatic carbocycles. The molecule has 2 amide bonds. The fourth-order valence-electron chi connectivity index (χ4n) is 6.93. The fourth-order valence-corrected chi connectivity index (χ4v) is 6.93. The first-order chi connectivity index (χ1) is 23.7. The van der Waals surface area contributed by atoms with Gasteiger partial charge in [-0.25, -0.2) is 19.6 Å². The number of aromatic nitrogens is 4. The molecule has 2 saturated heterocycles. The SMILES string of the molecule is COCC1CC(c2ncc(-c3ccc(-c4ccc(-c5cnc([C@@H]6CC[C@H](C)N6C(=O)OC(C)(C)C)[nH]5)cc4)cc3)[nH]2)N(C(=O)OC(C)(C)C)C1. The number of nitrogens with zero attached hydrogens (tertiary/aromatic N) is 4. The van der Waals surface area contributed by atoms with Crippen LogP contribution in [0, 0.1) is 5.92 Å². The molecule has 11 heteroatoms. The second kappa shape index (κ2) is 13.9. The van der Waals surface area contributed by atoms with Crippen molar-refractivity contribution >= 4 is 12.2 Å². The quantitative estimate of drug-likeness (QED) is 0.200. The molecule has 0 bridgehead atoms. The van der Waals surface area contributed by atoms with Gasteiger partial charge in [0.25, 0.3) is 0 Å². The van der Waals surface area contributed by atoms with Gasteiger partial charge in [0.15, 0.2) is 0 Å². The first-order valence-corrected chi connectivity index (χ1v) is 17.5. The van der Waals surface area contributed by atoms with Crippen molar-refractivity contribution in [1.82, 2.24) is 29.7 Å². The highest BCUT2D eigenvalue weighted by Gasteiger charge is 2.41. The molecule has 11 nitrogen and oxygen atoms in total. The van der Waals surface area contributed by atoms with Crippen LogP contribution in [0.15, 0.2) is 60.9 Å². The molecule has 0 spiro atoms. The molecule has 4 atom stereocenters. The lowest BCUT2D eigenvalue weighted by atomic mass is 10.0. The molecule has 2 aromatic carbocycles. The number of hydrogen-bond acceptors (Lipinski definition) is 7. The molecular formula is C39H50N6O5. The Morgan fingerprint density at radius 1 is 0.740 bits per heavy atom. The average Bonchev–Trinajstić information content (AvgIpc) is 3.86. The number of carbonyl (C=O) groups is 2. The Balaban J connectivity index is 1.13. The Hall–Kier alpha value is -4.64. The summed E-state index contributed by atoms with van der Waals surface area (Å²) in [6, 6.07) is 16.4. The number of aromatic amines is 2. The topological polar surface area (TPSA) is 126 Å². The van der Waals surface area contributed by atoms with Gasteiger partial charge in [-0.15, -0.1) is 0 Å². The lowest BCUT2D eigenvalue weighted by Crippen LogP contribution is -2.40. The highest BCUT2D eigenvalue weighted by atomic mass is 16.6. The number of carbonyl (C=O) groups excluding carboxylic acids is 2. The van der Waals surface area contributed by atoms with E-state index in [0.29, 0.717) is 13.2 Å². The number of amides is 2. The number of likely N-dealkylation sites (tertiary alicyclic amines) is 2. The van der Waals surface area contributed by atoms with E-state index in [1.54, 1.807) is 12.0 Å². The molecule has 4 heterocycles. The monoisotopic (exact) mass is 682 g/mol. The Morgan fingerprint density at radius 2 is 1.22 bits per heavy atom. The molecule has 0 saturated carbocycles. The van der Waals surface area contributed by atoms with Gasteiger partial charge in [-0.2, -0.15) is 0 Å². The second-order valence-corrected chi connectivity index (χ2v) is 15.6. The maximum atomic E-state index is 13.1. The van der Waals surface area contributed by atoms with Gasteiger partial charge in [0.2, 0.25) is 0 Å². The van der Waals surface area contributed by atoms with Gasteiger partial charge >= 0.3 is 12.2 Å². The zero-order chi connectivity index (χ0) is 35.8. The lowest BCUT2D eigenvalue weighted by Gasteiger charge is -2.30. The van der Waals surface area contributed by atoms with E-state index in [0.717, 1.165) is 64.6 Å². The summed E-state index contributed by atoms with van der Waals surface area (Å²) in [5.41, 5.74) is 4.86. The lowest BCUT2D eigenvalue weighted by molar-refractivity contribution is 0.0150. The minimum absolute atomic E-state index is 0.0834. The van der Waals surface area contributed by atoms with Crippen molar-refractivity contribution < 1.29 is 23.8 Å². The van der Waals surface area contributed by atoms with Crippen molar-refractivity contribution in [3.8, 4) is 33.6 Å². The van der Waals surface area contributed by atoms with Crippen LogP contribution in [0.2, 0.25) is 0 Å². The van der Waals surface area contributed by atoms with Crippen LogP contribution >= 0.6 is 0 Å². The van der Waals surface area contributed by atoms with Crippen LogP contribution in [0.4, 0.5) is 9.59 Å². The Labute approximate surface area is 294 Å². The van der Waals surface area contributed by atoms with Crippen molar-refractivity contribution in [3.05, 3.63) is 72.6 Å². The van der Waals surface area contributed by atoms with Crippen LogP contribution in [0.1, 0.15) is 91.5 Å². The smallest absolute Gasteiger partial charge is 0.411 e. The normalized spacial score (nSPS) is 21.1. The molecule has 50 heavy (non-hydrogen) atoms. The van der Waals surface area contributed by atoms with Gasteiger partial charge in [0, 0.05) is 25.6 Å². The molecule has 2 aliphatic rings. The van der Waals surface area contributed by atoms with Crippen molar-refractivity contribution in [2.45, 2.75) is 97.1 Å². The molecule has 266 valence electrons. The van der Waals surface area contributed by atoms with Gasteiger partial charge < -0.3 is 24.2 Å². The third-order valence-corrected chi connectivity index (χ3v) is 9.24. The van der Waals surface area contributed by atoms with E-state index in [1.807, 2.05) is 58.8 Å². The summed E-state index contributed by atoms with van der Waals surface area (Å²) >= 11 is 0. The van der Waals surface area contributed by atoms with E-state index in [2.05, 4.69) is 70.4 Å². The molecule has 2 aliphatic heterocycles. The van der Waals surface area contributed by atoms with E-state index in [1.165, 1.54) is 0 Å².